The van der Waals surface area contributed by atoms with Crippen LogP contribution in [0.2, 0.25) is 0 Å². The summed E-state index contributed by atoms with van der Waals surface area (Å²) in [7, 11) is 3.22. The average molecular weight is 441 g/mol. The highest BCUT2D eigenvalue weighted by Gasteiger charge is 2.23. The van der Waals surface area contributed by atoms with E-state index < -0.39 is 5.41 Å². The summed E-state index contributed by atoms with van der Waals surface area (Å²) in [6.45, 7) is 7.24. The standard InChI is InChI=1S/C26H32O6/c1-7-8-19-15-20(24(30-6)16-23(19)29-5)11-14-22(27)18-9-12-21(13-10-18)31-17-32-25(28)26(2,3)4/h9-16H,7-8,17H2,1-6H3. The van der Waals surface area contributed by atoms with Gasteiger partial charge in [0, 0.05) is 17.2 Å². The Labute approximate surface area is 190 Å². The molecule has 0 amide bonds. The zero-order chi connectivity index (χ0) is 23.7. The number of hydrogen-bond acceptors (Lipinski definition) is 6. The molecule has 0 N–H and O–H groups in total. The Morgan fingerprint density at radius 1 is 0.969 bits per heavy atom. The van der Waals surface area contributed by atoms with Gasteiger partial charge in [-0.25, -0.2) is 0 Å². The van der Waals surface area contributed by atoms with Gasteiger partial charge in [0.05, 0.1) is 19.6 Å². The largest absolute Gasteiger partial charge is 0.496 e. The SMILES string of the molecule is CCCc1cc(C=CC(=O)c2ccc(OCOC(=O)C(C)(C)C)cc2)c(OC)cc1OC. The second-order valence-corrected chi connectivity index (χ2v) is 8.32. The van der Waals surface area contributed by atoms with Gasteiger partial charge in [-0.05, 0) is 75.2 Å². The van der Waals surface area contributed by atoms with Crippen LogP contribution >= 0.6 is 0 Å². The molecule has 0 heterocycles. The molecular weight excluding hydrogens is 408 g/mol. The van der Waals surface area contributed by atoms with Gasteiger partial charge in [-0.3, -0.25) is 9.59 Å². The Hall–Kier alpha value is -3.28. The van der Waals surface area contributed by atoms with E-state index in [0.717, 1.165) is 29.7 Å². The van der Waals surface area contributed by atoms with Crippen molar-refractivity contribution in [2.75, 3.05) is 21.0 Å². The molecule has 0 aliphatic rings. The molecule has 0 aliphatic carbocycles. The van der Waals surface area contributed by atoms with Crippen molar-refractivity contribution in [3.63, 3.8) is 0 Å². The van der Waals surface area contributed by atoms with Crippen molar-refractivity contribution in [1.82, 2.24) is 0 Å². The van der Waals surface area contributed by atoms with Gasteiger partial charge in [-0.1, -0.05) is 13.3 Å². The molecule has 2 aromatic rings. The van der Waals surface area contributed by atoms with Crippen LogP contribution in [-0.2, 0) is 16.0 Å². The van der Waals surface area contributed by atoms with Crippen molar-refractivity contribution in [3.8, 4) is 17.2 Å². The molecule has 6 heteroatoms. The minimum absolute atomic E-state index is 0.148. The number of ether oxygens (including phenoxy) is 4. The molecule has 0 bridgehead atoms. The van der Waals surface area contributed by atoms with E-state index in [1.54, 1.807) is 65.3 Å². The summed E-state index contributed by atoms with van der Waals surface area (Å²) >= 11 is 0. The van der Waals surface area contributed by atoms with Gasteiger partial charge in [0.25, 0.3) is 0 Å². The normalized spacial score (nSPS) is 11.3. The van der Waals surface area contributed by atoms with E-state index in [4.69, 9.17) is 18.9 Å². The summed E-state index contributed by atoms with van der Waals surface area (Å²) in [6.07, 6.45) is 5.11. The number of aryl methyl sites for hydroxylation is 1. The number of carbonyl (C=O) groups is 2. The minimum atomic E-state index is -0.587. The smallest absolute Gasteiger partial charge is 0.314 e. The zero-order valence-corrected chi connectivity index (χ0v) is 19.7. The number of ketones is 1. The lowest BCUT2D eigenvalue weighted by atomic mass is 9.98. The van der Waals surface area contributed by atoms with Crippen molar-refractivity contribution >= 4 is 17.8 Å². The lowest BCUT2D eigenvalue weighted by molar-refractivity contribution is -0.159. The first-order valence-corrected chi connectivity index (χ1v) is 10.6. The Balaban J connectivity index is 2.06. The number of rotatable bonds is 10. The Kier molecular flexibility index (Phi) is 8.88. The van der Waals surface area contributed by atoms with E-state index in [0.29, 0.717) is 17.1 Å². The molecular formula is C26H32O6. The Morgan fingerprint density at radius 3 is 2.19 bits per heavy atom. The first-order chi connectivity index (χ1) is 15.2. The number of allylic oxidation sites excluding steroid dienone is 1. The molecule has 0 saturated heterocycles. The van der Waals surface area contributed by atoms with Gasteiger partial charge >= 0.3 is 5.97 Å². The van der Waals surface area contributed by atoms with Crippen molar-refractivity contribution in [1.29, 1.82) is 0 Å². The monoisotopic (exact) mass is 440 g/mol. The summed E-state index contributed by atoms with van der Waals surface area (Å²) in [5.74, 6) is 1.43. The first kappa shape index (κ1) is 25.0. The van der Waals surface area contributed by atoms with Crippen LogP contribution in [0.5, 0.6) is 17.2 Å². The van der Waals surface area contributed by atoms with E-state index in [2.05, 4.69) is 6.92 Å². The molecule has 0 fully saturated rings. The summed E-state index contributed by atoms with van der Waals surface area (Å²) in [4.78, 5) is 24.4. The zero-order valence-electron chi connectivity index (χ0n) is 19.7. The van der Waals surface area contributed by atoms with E-state index in [9.17, 15) is 9.59 Å². The fraction of sp³-hybridized carbons (Fsp3) is 0.385. The quantitative estimate of drug-likeness (QED) is 0.211. The second-order valence-electron chi connectivity index (χ2n) is 8.32. The molecule has 0 saturated carbocycles. The molecule has 32 heavy (non-hydrogen) atoms. The predicted octanol–water partition coefficient (Wildman–Crippen LogP) is 5.48. The summed E-state index contributed by atoms with van der Waals surface area (Å²) in [6, 6.07) is 10.5. The molecule has 0 aliphatic heterocycles. The van der Waals surface area contributed by atoms with Crippen LogP contribution in [0, 0.1) is 5.41 Å². The van der Waals surface area contributed by atoms with Crippen LogP contribution in [0.3, 0.4) is 0 Å². The maximum Gasteiger partial charge on any atom is 0.314 e. The van der Waals surface area contributed by atoms with Gasteiger partial charge in [0.15, 0.2) is 5.78 Å². The van der Waals surface area contributed by atoms with Gasteiger partial charge in [-0.2, -0.15) is 0 Å². The van der Waals surface area contributed by atoms with Gasteiger partial charge in [0.2, 0.25) is 6.79 Å². The van der Waals surface area contributed by atoms with Crippen LogP contribution in [0.15, 0.2) is 42.5 Å². The van der Waals surface area contributed by atoms with E-state index in [1.807, 2.05) is 12.1 Å². The van der Waals surface area contributed by atoms with Gasteiger partial charge in [0.1, 0.15) is 17.2 Å². The number of carbonyl (C=O) groups excluding carboxylic acids is 2. The summed E-state index contributed by atoms with van der Waals surface area (Å²) in [5.41, 5.74) is 1.80. The van der Waals surface area contributed by atoms with Crippen molar-refractivity contribution in [2.45, 2.75) is 40.5 Å². The van der Waals surface area contributed by atoms with Crippen molar-refractivity contribution in [3.05, 3.63) is 59.2 Å². The highest BCUT2D eigenvalue weighted by molar-refractivity contribution is 6.07. The molecule has 6 nitrogen and oxygen atoms in total. The third-order valence-corrected chi connectivity index (χ3v) is 4.73. The van der Waals surface area contributed by atoms with E-state index in [1.165, 1.54) is 6.08 Å². The van der Waals surface area contributed by atoms with Crippen molar-refractivity contribution < 1.29 is 28.5 Å². The number of methoxy groups -OCH3 is 2. The molecule has 2 aromatic carbocycles. The van der Waals surface area contributed by atoms with Crippen LogP contribution in [0.4, 0.5) is 0 Å². The lowest BCUT2D eigenvalue weighted by Crippen LogP contribution is -2.24. The van der Waals surface area contributed by atoms with E-state index in [-0.39, 0.29) is 18.5 Å². The molecule has 2 rings (SSSR count). The summed E-state index contributed by atoms with van der Waals surface area (Å²) in [5, 5.41) is 0. The number of hydrogen-bond donors (Lipinski definition) is 0. The molecule has 0 radical (unpaired) electrons. The molecule has 0 unspecified atom stereocenters. The topological polar surface area (TPSA) is 71.1 Å². The Morgan fingerprint density at radius 2 is 1.62 bits per heavy atom. The van der Waals surface area contributed by atoms with Crippen LogP contribution in [0.25, 0.3) is 6.08 Å². The number of benzene rings is 2. The van der Waals surface area contributed by atoms with Crippen LogP contribution < -0.4 is 14.2 Å². The molecule has 172 valence electrons. The minimum Gasteiger partial charge on any atom is -0.496 e. The molecule has 0 spiro atoms. The van der Waals surface area contributed by atoms with Gasteiger partial charge in [-0.15, -0.1) is 0 Å². The van der Waals surface area contributed by atoms with Crippen LogP contribution in [0.1, 0.15) is 55.6 Å². The highest BCUT2D eigenvalue weighted by Crippen LogP contribution is 2.31. The number of esters is 1. The maximum atomic E-state index is 12.6. The van der Waals surface area contributed by atoms with Crippen LogP contribution in [-0.4, -0.2) is 32.8 Å². The third-order valence-electron chi connectivity index (χ3n) is 4.73. The molecule has 0 aromatic heterocycles. The second kappa shape index (κ2) is 11.4. The fourth-order valence-electron chi connectivity index (χ4n) is 2.93. The van der Waals surface area contributed by atoms with Gasteiger partial charge < -0.3 is 18.9 Å². The Bertz CT molecular complexity index is 952. The fourth-order valence-corrected chi connectivity index (χ4v) is 2.93. The predicted molar refractivity (Wildman–Crippen MR) is 124 cm³/mol. The average Bonchev–Trinajstić information content (AvgIpc) is 2.77. The molecule has 0 atom stereocenters. The first-order valence-electron chi connectivity index (χ1n) is 10.6. The highest BCUT2D eigenvalue weighted by atomic mass is 16.7. The lowest BCUT2D eigenvalue weighted by Gasteiger charge is -2.16. The van der Waals surface area contributed by atoms with Crippen molar-refractivity contribution in [2.24, 2.45) is 5.41 Å². The van der Waals surface area contributed by atoms with E-state index >= 15 is 0 Å². The maximum absolute atomic E-state index is 12.6. The third kappa shape index (κ3) is 6.87. The summed E-state index contributed by atoms with van der Waals surface area (Å²) < 4.78 is 21.4.